The van der Waals surface area contributed by atoms with Crippen molar-refractivity contribution in [3.63, 3.8) is 0 Å². The minimum atomic E-state index is -2.80. The average Bonchev–Trinajstić information content (AvgIpc) is 3.39. The molecule has 1 saturated heterocycles. The lowest BCUT2D eigenvalue weighted by Crippen LogP contribution is -2.65. The Morgan fingerprint density at radius 3 is 2.39 bits per heavy atom. The van der Waals surface area contributed by atoms with Crippen LogP contribution in [0.2, 0.25) is 0 Å². The fourth-order valence-corrected chi connectivity index (χ4v) is 7.27. The molecule has 0 radical (unpaired) electrons. The molecule has 2 amide bonds. The first-order valence-electron chi connectivity index (χ1n) is 13.9. The topological polar surface area (TPSA) is 194 Å². The largest absolute Gasteiger partial charge is 0.508 e. The first-order chi connectivity index (χ1) is 19.6. The van der Waals surface area contributed by atoms with Gasteiger partial charge in [0.2, 0.25) is 11.7 Å². The van der Waals surface area contributed by atoms with E-state index in [4.69, 9.17) is 5.73 Å². The number of Topliss-reactive ketones (excluding diaryl/α,β-unsaturated/α-hetero) is 2. The smallest absolute Gasteiger partial charge is 0.255 e. The Bertz CT molecular complexity index is 1500. The second-order valence-corrected chi connectivity index (χ2v) is 12.0. The van der Waals surface area contributed by atoms with Gasteiger partial charge >= 0.3 is 0 Å². The molecule has 1 heterocycles. The Labute approximate surface area is 265 Å². The lowest BCUT2D eigenvalue weighted by atomic mass is 9.57. The zero-order valence-corrected chi connectivity index (χ0v) is 26.2. The molecular weight excluding hydrogens is 622 g/mol. The van der Waals surface area contributed by atoms with E-state index < -0.39 is 92.7 Å². The summed E-state index contributed by atoms with van der Waals surface area (Å²) in [5.41, 5.74) is 0.380. The van der Waals surface area contributed by atoms with Gasteiger partial charge in [0.15, 0.2) is 17.1 Å². The van der Waals surface area contributed by atoms with Crippen molar-refractivity contribution in [3.8, 4) is 5.75 Å². The summed E-state index contributed by atoms with van der Waals surface area (Å²) in [6.07, 6.45) is 1.02. The Morgan fingerprint density at radius 2 is 1.82 bits per heavy atom. The molecule has 1 aromatic rings. The fourth-order valence-electron chi connectivity index (χ4n) is 7.27. The first-order valence-corrected chi connectivity index (χ1v) is 13.9. The number of fused-ring (bicyclic) bond motifs is 3. The number of carbonyl (C=O) groups excluding carboxylic acids is 4. The van der Waals surface area contributed by atoms with E-state index in [1.54, 1.807) is 0 Å². The molecule has 0 bridgehead atoms. The van der Waals surface area contributed by atoms with E-state index in [-0.39, 0.29) is 54.9 Å². The van der Waals surface area contributed by atoms with Gasteiger partial charge in [0.1, 0.15) is 22.9 Å². The fraction of sp³-hybridized carbons (Fsp3) is 0.517. The molecular formula is C29H37Cl2FN4O8. The highest BCUT2D eigenvalue weighted by Gasteiger charge is 2.64. The number of ketones is 2. The van der Waals surface area contributed by atoms with Crippen LogP contribution in [0.4, 0.5) is 10.1 Å². The van der Waals surface area contributed by atoms with Crippen molar-refractivity contribution < 1.29 is 44.0 Å². The molecule has 15 heteroatoms. The zero-order valence-electron chi connectivity index (χ0n) is 24.6. The second-order valence-electron chi connectivity index (χ2n) is 12.0. The molecule has 0 aromatic heterocycles. The number of amides is 2. The number of anilines is 1. The normalized spacial score (nSPS) is 28.3. The number of halogens is 3. The van der Waals surface area contributed by atoms with Gasteiger partial charge in [0.05, 0.1) is 23.3 Å². The minimum absolute atomic E-state index is 0. The van der Waals surface area contributed by atoms with Gasteiger partial charge in [-0.1, -0.05) is 0 Å². The van der Waals surface area contributed by atoms with Crippen LogP contribution in [-0.2, 0) is 25.6 Å². The highest BCUT2D eigenvalue weighted by atomic mass is 35.5. The number of phenols is 1. The van der Waals surface area contributed by atoms with Gasteiger partial charge in [0.25, 0.3) is 5.91 Å². The highest BCUT2D eigenvalue weighted by Crippen LogP contribution is 2.53. The van der Waals surface area contributed by atoms with E-state index in [0.29, 0.717) is 13.0 Å². The van der Waals surface area contributed by atoms with Crippen LogP contribution in [0.5, 0.6) is 5.75 Å². The number of rotatable bonds is 5. The molecule has 0 spiro atoms. The summed E-state index contributed by atoms with van der Waals surface area (Å²) in [5.74, 6) is -9.57. The van der Waals surface area contributed by atoms with Crippen LogP contribution in [0, 0.1) is 17.7 Å². The number of likely N-dealkylation sites (N-methyl/N-ethyl adjacent to an activating group) is 1. The maximum Gasteiger partial charge on any atom is 0.255 e. The third-order valence-corrected chi connectivity index (χ3v) is 9.18. The predicted octanol–water partition coefficient (Wildman–Crippen LogP) is 1.76. The van der Waals surface area contributed by atoms with Crippen LogP contribution in [-0.4, -0.2) is 98.0 Å². The van der Waals surface area contributed by atoms with Gasteiger partial charge in [-0.05, 0) is 66.1 Å². The molecule has 0 unspecified atom stereocenters. The second kappa shape index (κ2) is 12.3. The molecule has 2 fully saturated rings. The van der Waals surface area contributed by atoms with E-state index in [2.05, 4.69) is 5.32 Å². The number of phenolic OH excluding ortho intramolecular Hbond substituents is 1. The first kappa shape index (κ1) is 35.3. The molecule has 1 saturated carbocycles. The highest BCUT2D eigenvalue weighted by molar-refractivity contribution is 6.24. The van der Waals surface area contributed by atoms with E-state index in [0.717, 1.165) is 12.5 Å². The van der Waals surface area contributed by atoms with Crippen LogP contribution >= 0.6 is 24.8 Å². The molecule has 242 valence electrons. The standard InChI is InChI=1S/C29H35FN4O8.2ClH/c1-11(2)34-7-5-6-17(34)28(41)32-16-10-15(30)13-8-12-9-14-21(33(3)4)24(37)20(27(31)40)26(39)29(14,42)25(38)18(12)23(36)19(13)22(16)35;;/h10-12,14,17,21,35-36,39,42H,5-9H2,1-4H3,(H2,31,40)(H,32,41);2*1H/t12-,14-,17-,21-,29-;;/m0../s1. The van der Waals surface area contributed by atoms with E-state index in [1.807, 2.05) is 18.7 Å². The maximum absolute atomic E-state index is 15.5. The predicted molar refractivity (Wildman–Crippen MR) is 162 cm³/mol. The molecule has 3 aliphatic carbocycles. The van der Waals surface area contributed by atoms with E-state index in [9.17, 15) is 39.6 Å². The number of aliphatic hydroxyl groups excluding tert-OH is 2. The van der Waals surface area contributed by atoms with Crippen molar-refractivity contribution in [1.29, 1.82) is 0 Å². The summed E-state index contributed by atoms with van der Waals surface area (Å²) in [4.78, 5) is 55.7. The molecule has 7 N–H and O–H groups in total. The van der Waals surface area contributed by atoms with Crippen molar-refractivity contribution in [1.82, 2.24) is 9.80 Å². The van der Waals surface area contributed by atoms with Crippen LogP contribution in [0.1, 0.15) is 44.2 Å². The number of carbonyl (C=O) groups is 4. The van der Waals surface area contributed by atoms with Crippen molar-refractivity contribution in [2.45, 2.75) is 63.3 Å². The van der Waals surface area contributed by atoms with Gasteiger partial charge in [-0.15, -0.1) is 24.8 Å². The summed E-state index contributed by atoms with van der Waals surface area (Å²) in [7, 11) is 2.99. The monoisotopic (exact) mass is 658 g/mol. The van der Waals surface area contributed by atoms with Gasteiger partial charge < -0.3 is 31.5 Å². The Balaban J connectivity index is 0.00000264. The number of nitrogens with zero attached hydrogens (tertiary/aromatic N) is 2. The summed E-state index contributed by atoms with van der Waals surface area (Å²) >= 11 is 0. The number of aromatic hydroxyl groups is 1. The lowest BCUT2D eigenvalue weighted by Gasteiger charge is -2.50. The summed E-state index contributed by atoms with van der Waals surface area (Å²) in [6, 6.07) is -0.698. The van der Waals surface area contributed by atoms with E-state index >= 15 is 4.39 Å². The number of nitrogens with two attached hydrogens (primary N) is 1. The number of aliphatic hydroxyl groups is 3. The lowest BCUT2D eigenvalue weighted by molar-refractivity contribution is -0.153. The summed E-state index contributed by atoms with van der Waals surface area (Å²) < 4.78 is 15.5. The van der Waals surface area contributed by atoms with Crippen LogP contribution in [0.25, 0.3) is 5.76 Å². The Kier molecular flexibility index (Phi) is 9.84. The van der Waals surface area contributed by atoms with Gasteiger partial charge in [-0.2, -0.15) is 0 Å². The molecule has 44 heavy (non-hydrogen) atoms. The van der Waals surface area contributed by atoms with Gasteiger partial charge in [-0.25, -0.2) is 4.39 Å². The third-order valence-electron chi connectivity index (χ3n) is 9.18. The van der Waals surface area contributed by atoms with Crippen molar-refractivity contribution >= 4 is 59.6 Å². The summed E-state index contributed by atoms with van der Waals surface area (Å²) in [6.45, 7) is 4.61. The molecule has 1 aromatic carbocycles. The molecule has 1 aliphatic heterocycles. The van der Waals surface area contributed by atoms with Crippen LogP contribution in [0.15, 0.2) is 23.0 Å². The van der Waals surface area contributed by atoms with E-state index in [1.165, 1.54) is 19.0 Å². The Morgan fingerprint density at radius 1 is 1.18 bits per heavy atom. The number of likely N-dealkylation sites (tertiary alicyclic amines) is 1. The van der Waals surface area contributed by atoms with Crippen molar-refractivity contribution in [3.05, 3.63) is 39.9 Å². The van der Waals surface area contributed by atoms with Crippen molar-refractivity contribution in [2.24, 2.45) is 17.6 Å². The number of nitrogens with one attached hydrogen (secondary N) is 1. The quantitative estimate of drug-likeness (QED) is 0.200. The average molecular weight is 660 g/mol. The SMILES string of the molecule is CC(C)N1CCC[C@H]1C(=O)Nc1cc(F)c2c(c1O)C(O)=C1C(=O)[C@]3(O)C(O)=C(C(N)=O)C(=O)[C@@H](N(C)C)[C@@H]3C[C@@H]1C2.Cl.Cl. The molecule has 5 rings (SSSR count). The van der Waals surface area contributed by atoms with Crippen LogP contribution in [0.3, 0.4) is 0 Å². The van der Waals surface area contributed by atoms with Gasteiger partial charge in [0, 0.05) is 29.2 Å². The number of primary amides is 1. The van der Waals surface area contributed by atoms with Gasteiger partial charge in [-0.3, -0.25) is 29.0 Å². The molecule has 4 aliphatic rings. The number of hydrogen-bond donors (Lipinski definition) is 6. The third kappa shape index (κ3) is 5.04. The maximum atomic E-state index is 15.5. The summed E-state index contributed by atoms with van der Waals surface area (Å²) in [5, 5.41) is 47.7. The molecule has 12 nitrogen and oxygen atoms in total. The Hall–Kier alpha value is -3.23. The number of hydrogen-bond acceptors (Lipinski definition) is 10. The zero-order chi connectivity index (χ0) is 31.0. The number of benzene rings is 1. The minimum Gasteiger partial charge on any atom is -0.508 e. The van der Waals surface area contributed by atoms with Crippen molar-refractivity contribution in [2.75, 3.05) is 26.0 Å². The molecule has 5 atom stereocenters. The van der Waals surface area contributed by atoms with Crippen LogP contribution < -0.4 is 11.1 Å².